The molecule has 0 unspecified atom stereocenters. The van der Waals surface area contributed by atoms with E-state index >= 15 is 0 Å². The van der Waals surface area contributed by atoms with Crippen molar-refractivity contribution in [2.24, 2.45) is 0 Å². The van der Waals surface area contributed by atoms with Crippen LogP contribution in [0.4, 0.5) is 5.69 Å². The molecule has 2 aromatic carbocycles. The Morgan fingerprint density at radius 2 is 1.69 bits per heavy atom. The van der Waals surface area contributed by atoms with Crippen LogP contribution in [0.25, 0.3) is 0 Å². The van der Waals surface area contributed by atoms with E-state index in [1.54, 1.807) is 29.2 Å². The Kier molecular flexibility index (Phi) is 6.74. The van der Waals surface area contributed by atoms with Gasteiger partial charge in [-0.2, -0.15) is 0 Å². The largest absolute Gasteiger partial charge is 0.454 e. The molecule has 0 aliphatic carbocycles. The molecule has 1 saturated heterocycles. The minimum absolute atomic E-state index is 0.0157. The monoisotopic (exact) mass is 438 g/mol. The van der Waals surface area contributed by atoms with Gasteiger partial charge >= 0.3 is 0 Å². The van der Waals surface area contributed by atoms with Gasteiger partial charge in [0.25, 0.3) is 5.91 Å². The Labute approximate surface area is 186 Å². The Morgan fingerprint density at radius 1 is 0.906 bits per heavy atom. The summed E-state index contributed by atoms with van der Waals surface area (Å²) in [6, 6.07) is 12.5. The number of carbonyl (C=O) groups is 3. The number of nitrogens with zero attached hydrogens (tertiary/aromatic N) is 1. The lowest BCUT2D eigenvalue weighted by molar-refractivity contribution is -0.131. The third-order valence-corrected chi connectivity index (χ3v) is 5.40. The van der Waals surface area contributed by atoms with E-state index in [0.717, 1.165) is 31.5 Å². The number of carbonyl (C=O) groups excluding carboxylic acids is 3. The van der Waals surface area contributed by atoms with E-state index in [1.807, 2.05) is 18.2 Å². The van der Waals surface area contributed by atoms with Crippen molar-refractivity contribution in [1.82, 2.24) is 15.5 Å². The zero-order valence-electron chi connectivity index (χ0n) is 17.7. The Hall–Kier alpha value is -3.75. The highest BCUT2D eigenvalue weighted by atomic mass is 16.7. The van der Waals surface area contributed by atoms with Crippen LogP contribution in [0.5, 0.6) is 11.5 Å². The number of rotatable bonds is 8. The highest BCUT2D eigenvalue weighted by Gasteiger charge is 2.18. The summed E-state index contributed by atoms with van der Waals surface area (Å²) >= 11 is 0. The molecule has 1 fully saturated rings. The summed E-state index contributed by atoms with van der Waals surface area (Å²) in [4.78, 5) is 38.7. The average molecular weight is 438 g/mol. The molecular formula is C23H26N4O5. The summed E-state index contributed by atoms with van der Waals surface area (Å²) < 4.78 is 10.7. The van der Waals surface area contributed by atoms with Crippen LogP contribution in [0.3, 0.4) is 0 Å². The van der Waals surface area contributed by atoms with Crippen molar-refractivity contribution in [3.8, 4) is 11.5 Å². The molecule has 9 nitrogen and oxygen atoms in total. The van der Waals surface area contributed by atoms with Gasteiger partial charge in [-0.15, -0.1) is 0 Å². The molecule has 0 atom stereocenters. The number of amides is 3. The fourth-order valence-electron chi connectivity index (χ4n) is 3.65. The predicted octanol–water partition coefficient (Wildman–Crippen LogP) is 1.50. The second-order valence-corrected chi connectivity index (χ2v) is 7.63. The first-order valence-electron chi connectivity index (χ1n) is 10.6. The van der Waals surface area contributed by atoms with Crippen LogP contribution in [0.1, 0.15) is 28.8 Å². The fourth-order valence-corrected chi connectivity index (χ4v) is 3.65. The number of fused-ring (bicyclic) bond motifs is 1. The van der Waals surface area contributed by atoms with Gasteiger partial charge in [-0.1, -0.05) is 18.2 Å². The molecule has 4 rings (SSSR count). The van der Waals surface area contributed by atoms with E-state index in [-0.39, 0.29) is 37.6 Å². The number of para-hydroxylation sites is 1. The molecule has 2 aliphatic heterocycles. The molecule has 0 radical (unpaired) electrons. The predicted molar refractivity (Wildman–Crippen MR) is 117 cm³/mol. The molecular weight excluding hydrogens is 412 g/mol. The summed E-state index contributed by atoms with van der Waals surface area (Å²) in [5.74, 6) is 0.700. The van der Waals surface area contributed by atoms with Gasteiger partial charge in [0.1, 0.15) is 0 Å². The van der Waals surface area contributed by atoms with Crippen molar-refractivity contribution in [1.29, 1.82) is 0 Å². The maximum atomic E-state index is 12.7. The Balaban J connectivity index is 1.27. The van der Waals surface area contributed by atoms with Crippen LogP contribution < -0.4 is 25.4 Å². The van der Waals surface area contributed by atoms with Crippen molar-refractivity contribution in [2.75, 3.05) is 38.3 Å². The van der Waals surface area contributed by atoms with E-state index in [0.29, 0.717) is 29.3 Å². The highest BCUT2D eigenvalue weighted by molar-refractivity contribution is 6.00. The van der Waals surface area contributed by atoms with Gasteiger partial charge in [0.15, 0.2) is 11.5 Å². The summed E-state index contributed by atoms with van der Waals surface area (Å²) in [5.41, 5.74) is 1.85. The second kappa shape index (κ2) is 10.0. The number of nitrogens with one attached hydrogen (secondary N) is 3. The van der Waals surface area contributed by atoms with Gasteiger partial charge in [-0.05, 0) is 42.7 Å². The molecule has 2 heterocycles. The smallest absolute Gasteiger partial charge is 0.253 e. The Bertz CT molecular complexity index is 1000. The molecule has 168 valence electrons. The van der Waals surface area contributed by atoms with E-state index in [9.17, 15) is 14.4 Å². The number of ether oxygens (including phenoxy) is 2. The van der Waals surface area contributed by atoms with Crippen LogP contribution in [0.15, 0.2) is 42.5 Å². The summed E-state index contributed by atoms with van der Waals surface area (Å²) in [5, 5.41) is 8.49. The molecule has 0 aromatic heterocycles. The number of benzene rings is 2. The van der Waals surface area contributed by atoms with Gasteiger partial charge in [-0.25, -0.2) is 0 Å². The summed E-state index contributed by atoms with van der Waals surface area (Å²) in [6.07, 6.45) is 2.02. The van der Waals surface area contributed by atoms with Gasteiger partial charge in [-0.3, -0.25) is 14.4 Å². The lowest BCUT2D eigenvalue weighted by Gasteiger charge is -2.16. The minimum atomic E-state index is -0.312. The third-order valence-electron chi connectivity index (χ3n) is 5.40. The minimum Gasteiger partial charge on any atom is -0.454 e. The topological polar surface area (TPSA) is 109 Å². The molecule has 32 heavy (non-hydrogen) atoms. The van der Waals surface area contributed by atoms with E-state index in [1.165, 1.54) is 0 Å². The zero-order valence-corrected chi connectivity index (χ0v) is 17.7. The maximum Gasteiger partial charge on any atom is 0.253 e. The molecule has 3 amide bonds. The lowest BCUT2D eigenvalue weighted by Crippen LogP contribution is -2.40. The van der Waals surface area contributed by atoms with E-state index in [4.69, 9.17) is 9.47 Å². The van der Waals surface area contributed by atoms with Gasteiger partial charge in [0.05, 0.1) is 18.7 Å². The SMILES string of the molecule is O=C(CNc1ccccc1C(=O)NCc1ccc2c(c1)OCO2)NCC(=O)N1CCCC1. The number of anilines is 1. The number of hydrogen-bond donors (Lipinski definition) is 3. The average Bonchev–Trinajstić information content (AvgIpc) is 3.51. The maximum absolute atomic E-state index is 12.7. The van der Waals surface area contributed by atoms with Crippen LogP contribution in [0.2, 0.25) is 0 Å². The molecule has 0 spiro atoms. The summed E-state index contributed by atoms with van der Waals surface area (Å²) in [7, 11) is 0. The van der Waals surface area contributed by atoms with E-state index < -0.39 is 0 Å². The molecule has 2 aliphatic rings. The first-order valence-corrected chi connectivity index (χ1v) is 10.6. The highest BCUT2D eigenvalue weighted by Crippen LogP contribution is 2.32. The third kappa shape index (κ3) is 5.29. The van der Waals surface area contributed by atoms with Crippen molar-refractivity contribution in [3.05, 3.63) is 53.6 Å². The quantitative estimate of drug-likeness (QED) is 0.576. The van der Waals surface area contributed by atoms with Crippen LogP contribution >= 0.6 is 0 Å². The molecule has 3 N–H and O–H groups in total. The van der Waals surface area contributed by atoms with Crippen LogP contribution in [-0.2, 0) is 16.1 Å². The van der Waals surface area contributed by atoms with Crippen LogP contribution in [0, 0.1) is 0 Å². The summed E-state index contributed by atoms with van der Waals surface area (Å²) in [6.45, 7) is 1.97. The van der Waals surface area contributed by atoms with Gasteiger partial charge in [0.2, 0.25) is 18.6 Å². The lowest BCUT2D eigenvalue weighted by atomic mass is 10.1. The number of likely N-dealkylation sites (tertiary alicyclic amines) is 1. The molecule has 2 aromatic rings. The fraction of sp³-hybridized carbons (Fsp3) is 0.348. The van der Waals surface area contributed by atoms with Gasteiger partial charge < -0.3 is 30.3 Å². The van der Waals surface area contributed by atoms with Crippen molar-refractivity contribution in [2.45, 2.75) is 19.4 Å². The molecule has 0 bridgehead atoms. The van der Waals surface area contributed by atoms with Crippen molar-refractivity contribution in [3.63, 3.8) is 0 Å². The van der Waals surface area contributed by atoms with Crippen LogP contribution in [-0.4, -0.2) is 55.6 Å². The second-order valence-electron chi connectivity index (χ2n) is 7.63. The number of hydrogen-bond acceptors (Lipinski definition) is 6. The standard InChI is InChI=1S/C23H26N4O5/c28-21(25-14-22(29)27-9-3-4-10-27)13-24-18-6-2-1-5-17(18)23(30)26-12-16-7-8-19-20(11-16)32-15-31-19/h1-2,5-8,11,24H,3-4,9-10,12-15H2,(H,25,28)(H,26,30). The zero-order chi connectivity index (χ0) is 22.3. The van der Waals surface area contributed by atoms with Crippen molar-refractivity contribution >= 4 is 23.4 Å². The van der Waals surface area contributed by atoms with Crippen molar-refractivity contribution < 1.29 is 23.9 Å². The molecule has 9 heteroatoms. The first kappa shape index (κ1) is 21.5. The molecule has 0 saturated carbocycles. The van der Waals surface area contributed by atoms with E-state index in [2.05, 4.69) is 16.0 Å². The van der Waals surface area contributed by atoms with Gasteiger partial charge in [0, 0.05) is 25.3 Å². The Morgan fingerprint density at radius 3 is 2.53 bits per heavy atom. The normalized spacial score (nSPS) is 14.2. The first-order chi connectivity index (χ1) is 15.6.